The van der Waals surface area contributed by atoms with E-state index >= 15 is 0 Å². The third kappa shape index (κ3) is 2.76. The van der Waals surface area contributed by atoms with E-state index in [1.54, 1.807) is 12.1 Å². The first-order chi connectivity index (χ1) is 7.08. The zero-order chi connectivity index (χ0) is 11.4. The van der Waals surface area contributed by atoms with Gasteiger partial charge in [0, 0.05) is 19.1 Å². The van der Waals surface area contributed by atoms with Gasteiger partial charge in [0.2, 0.25) is 5.91 Å². The monoisotopic (exact) mass is 229 g/mol. The van der Waals surface area contributed by atoms with Crippen LogP contribution in [0, 0.1) is 0 Å². The van der Waals surface area contributed by atoms with E-state index in [4.69, 9.17) is 21.1 Å². The third-order valence-electron chi connectivity index (χ3n) is 1.78. The maximum Gasteiger partial charge on any atom is 0.221 e. The Labute approximate surface area is 93.1 Å². The summed E-state index contributed by atoms with van der Waals surface area (Å²) in [5.74, 6) is 0.853. The molecule has 0 unspecified atom stereocenters. The lowest BCUT2D eigenvalue weighted by molar-refractivity contribution is -0.114. The van der Waals surface area contributed by atoms with Gasteiger partial charge in [-0.05, 0) is 0 Å². The highest BCUT2D eigenvalue weighted by Gasteiger charge is 2.10. The average molecular weight is 230 g/mol. The Kier molecular flexibility index (Phi) is 3.80. The fourth-order valence-electron chi connectivity index (χ4n) is 1.14. The lowest BCUT2D eigenvalue weighted by atomic mass is 10.2. The quantitative estimate of drug-likeness (QED) is 0.865. The Hall–Kier alpha value is -1.42. The van der Waals surface area contributed by atoms with Crippen LogP contribution in [-0.4, -0.2) is 20.1 Å². The molecule has 1 aromatic carbocycles. The van der Waals surface area contributed by atoms with Crippen molar-refractivity contribution in [1.82, 2.24) is 0 Å². The van der Waals surface area contributed by atoms with Crippen LogP contribution in [0.25, 0.3) is 0 Å². The number of nitrogens with one attached hydrogen (secondary N) is 1. The van der Waals surface area contributed by atoms with E-state index in [1.807, 2.05) is 0 Å². The van der Waals surface area contributed by atoms with E-state index in [0.29, 0.717) is 22.2 Å². The molecule has 0 aliphatic heterocycles. The second-order valence-electron chi connectivity index (χ2n) is 2.87. The second kappa shape index (κ2) is 4.89. The maximum atomic E-state index is 10.9. The minimum absolute atomic E-state index is 0.191. The van der Waals surface area contributed by atoms with Crippen molar-refractivity contribution in [2.75, 3.05) is 19.5 Å². The van der Waals surface area contributed by atoms with E-state index in [1.165, 1.54) is 21.1 Å². The molecule has 0 aliphatic rings. The summed E-state index contributed by atoms with van der Waals surface area (Å²) in [6, 6.07) is 3.20. The average Bonchev–Trinajstić information content (AvgIpc) is 2.19. The fraction of sp³-hybridized carbons (Fsp3) is 0.300. The van der Waals surface area contributed by atoms with Crippen molar-refractivity contribution in [3.05, 3.63) is 17.2 Å². The zero-order valence-corrected chi connectivity index (χ0v) is 9.51. The summed E-state index contributed by atoms with van der Waals surface area (Å²) in [7, 11) is 3.04. The van der Waals surface area contributed by atoms with Gasteiger partial charge in [-0.3, -0.25) is 4.79 Å². The molecular weight excluding hydrogens is 218 g/mol. The largest absolute Gasteiger partial charge is 0.493 e. The van der Waals surface area contributed by atoms with Crippen LogP contribution in [0.3, 0.4) is 0 Å². The number of benzene rings is 1. The summed E-state index contributed by atoms with van der Waals surface area (Å²) < 4.78 is 10.1. The normalized spacial score (nSPS) is 9.60. The van der Waals surface area contributed by atoms with Crippen LogP contribution in [0.1, 0.15) is 6.92 Å². The van der Waals surface area contributed by atoms with Crippen molar-refractivity contribution < 1.29 is 14.3 Å². The van der Waals surface area contributed by atoms with Crippen LogP contribution in [-0.2, 0) is 4.79 Å². The number of halogens is 1. The molecule has 15 heavy (non-hydrogen) atoms. The molecular formula is C10H12ClNO3. The van der Waals surface area contributed by atoms with Crippen LogP contribution in [0.2, 0.25) is 5.02 Å². The predicted octanol–water partition coefficient (Wildman–Crippen LogP) is 2.32. The van der Waals surface area contributed by atoms with E-state index < -0.39 is 0 Å². The summed E-state index contributed by atoms with van der Waals surface area (Å²) in [6.07, 6.45) is 0. The number of carbonyl (C=O) groups is 1. The highest BCUT2D eigenvalue weighted by atomic mass is 35.5. The second-order valence-corrected chi connectivity index (χ2v) is 3.28. The first kappa shape index (κ1) is 11.7. The standard InChI is InChI=1S/C10H12ClNO3/c1-6(13)12-8-5-10(15-3)9(14-2)4-7(8)11/h4-5H,1-3H3,(H,12,13). The summed E-state index contributed by atoms with van der Waals surface area (Å²) >= 11 is 5.93. The molecule has 0 heterocycles. The van der Waals surface area contributed by atoms with Gasteiger partial charge in [0.05, 0.1) is 24.9 Å². The highest BCUT2D eigenvalue weighted by molar-refractivity contribution is 6.34. The topological polar surface area (TPSA) is 47.6 Å². The van der Waals surface area contributed by atoms with E-state index in [2.05, 4.69) is 5.32 Å². The number of hydrogen-bond acceptors (Lipinski definition) is 3. The van der Waals surface area contributed by atoms with Crippen LogP contribution >= 0.6 is 11.6 Å². The Balaban J connectivity index is 3.13. The Bertz CT molecular complexity index is 379. The molecule has 0 bridgehead atoms. The van der Waals surface area contributed by atoms with E-state index in [-0.39, 0.29) is 5.91 Å². The van der Waals surface area contributed by atoms with Crippen LogP contribution < -0.4 is 14.8 Å². The molecule has 0 spiro atoms. The van der Waals surface area contributed by atoms with E-state index in [0.717, 1.165) is 0 Å². The van der Waals surface area contributed by atoms with Gasteiger partial charge < -0.3 is 14.8 Å². The zero-order valence-electron chi connectivity index (χ0n) is 8.76. The van der Waals surface area contributed by atoms with Gasteiger partial charge in [-0.15, -0.1) is 0 Å². The van der Waals surface area contributed by atoms with Gasteiger partial charge in [-0.2, -0.15) is 0 Å². The first-order valence-electron chi connectivity index (χ1n) is 4.27. The molecule has 0 fully saturated rings. The van der Waals surface area contributed by atoms with Crippen LogP contribution in [0.4, 0.5) is 5.69 Å². The van der Waals surface area contributed by atoms with E-state index in [9.17, 15) is 4.79 Å². The van der Waals surface area contributed by atoms with Crippen LogP contribution in [0.15, 0.2) is 12.1 Å². The first-order valence-corrected chi connectivity index (χ1v) is 4.65. The molecule has 82 valence electrons. The summed E-state index contributed by atoms with van der Waals surface area (Å²) in [6.45, 7) is 1.41. The van der Waals surface area contributed by atoms with Crippen molar-refractivity contribution in [3.8, 4) is 11.5 Å². The van der Waals surface area contributed by atoms with Crippen LogP contribution in [0.5, 0.6) is 11.5 Å². The summed E-state index contributed by atoms with van der Waals surface area (Å²) in [5.41, 5.74) is 0.502. The predicted molar refractivity (Wildman–Crippen MR) is 58.9 cm³/mol. The van der Waals surface area contributed by atoms with Gasteiger partial charge in [-0.25, -0.2) is 0 Å². The number of ether oxygens (including phenoxy) is 2. The number of hydrogen-bond donors (Lipinski definition) is 1. The molecule has 4 nitrogen and oxygen atoms in total. The van der Waals surface area contributed by atoms with Crippen molar-refractivity contribution in [2.24, 2.45) is 0 Å². The molecule has 1 amide bonds. The van der Waals surface area contributed by atoms with Crippen molar-refractivity contribution in [3.63, 3.8) is 0 Å². The third-order valence-corrected chi connectivity index (χ3v) is 2.10. The minimum Gasteiger partial charge on any atom is -0.493 e. The number of methoxy groups -OCH3 is 2. The van der Waals surface area contributed by atoms with Crippen molar-refractivity contribution >= 4 is 23.2 Å². The van der Waals surface area contributed by atoms with Gasteiger partial charge in [0.25, 0.3) is 0 Å². The number of rotatable bonds is 3. The number of amides is 1. The van der Waals surface area contributed by atoms with Gasteiger partial charge in [0.1, 0.15) is 0 Å². The van der Waals surface area contributed by atoms with Gasteiger partial charge in [0.15, 0.2) is 11.5 Å². The minimum atomic E-state index is -0.191. The SMILES string of the molecule is COc1cc(Cl)c(NC(C)=O)cc1OC. The highest BCUT2D eigenvalue weighted by Crippen LogP contribution is 2.35. The maximum absolute atomic E-state index is 10.9. The van der Waals surface area contributed by atoms with Gasteiger partial charge in [-0.1, -0.05) is 11.6 Å². The van der Waals surface area contributed by atoms with Gasteiger partial charge >= 0.3 is 0 Å². The molecule has 1 N–H and O–H groups in total. The summed E-state index contributed by atoms with van der Waals surface area (Å²) in [5, 5.41) is 3.00. The number of anilines is 1. The Morgan fingerprint density at radius 1 is 1.27 bits per heavy atom. The van der Waals surface area contributed by atoms with Crippen molar-refractivity contribution in [1.29, 1.82) is 0 Å². The number of carbonyl (C=O) groups excluding carboxylic acids is 1. The lowest BCUT2D eigenvalue weighted by Crippen LogP contribution is -2.06. The Morgan fingerprint density at radius 3 is 2.27 bits per heavy atom. The fourth-order valence-corrected chi connectivity index (χ4v) is 1.34. The molecule has 0 aliphatic carbocycles. The molecule has 0 aromatic heterocycles. The molecule has 0 radical (unpaired) electrons. The molecule has 1 aromatic rings. The molecule has 5 heteroatoms. The molecule has 0 atom stereocenters. The lowest BCUT2D eigenvalue weighted by Gasteiger charge is -2.11. The smallest absolute Gasteiger partial charge is 0.221 e. The molecule has 0 saturated carbocycles. The molecule has 0 saturated heterocycles. The summed E-state index contributed by atoms with van der Waals surface area (Å²) in [4.78, 5) is 10.9. The molecule has 1 rings (SSSR count). The Morgan fingerprint density at radius 2 is 1.80 bits per heavy atom. The van der Waals surface area contributed by atoms with Crippen molar-refractivity contribution in [2.45, 2.75) is 6.92 Å².